The van der Waals surface area contributed by atoms with E-state index in [1.54, 1.807) is 0 Å². The highest BCUT2D eigenvalue weighted by Gasteiger charge is 2.59. The fourth-order valence-corrected chi connectivity index (χ4v) is 5.62. The molecule has 0 radical (unpaired) electrons. The van der Waals surface area contributed by atoms with Crippen LogP contribution in [0.5, 0.6) is 0 Å². The third kappa shape index (κ3) is 2.92. The molecule has 1 saturated heterocycles. The van der Waals surface area contributed by atoms with E-state index >= 15 is 0 Å². The Kier molecular flexibility index (Phi) is 4.72. The fraction of sp³-hybridized carbons (Fsp3) is 0.682. The standard InChI is InChI=1S/C22H33N3O/c1-21(2)18(17-11-14-26-19(17)21)25-20(23-3)24-15-22(12-7-8-13-22)16-9-5-4-6-10-16/h4-6,9-10,17-19H,7-8,11-15H2,1-3H3,(H2,23,24,25). The third-order valence-corrected chi connectivity index (χ3v) is 7.16. The number of nitrogens with zero attached hydrogens (tertiary/aromatic N) is 1. The second-order valence-electron chi connectivity index (χ2n) is 8.97. The largest absolute Gasteiger partial charge is 0.377 e. The zero-order valence-corrected chi connectivity index (χ0v) is 16.4. The highest BCUT2D eigenvalue weighted by molar-refractivity contribution is 5.80. The lowest BCUT2D eigenvalue weighted by molar-refractivity contribution is -0.106. The Morgan fingerprint density at radius 3 is 2.62 bits per heavy atom. The maximum absolute atomic E-state index is 5.93. The van der Waals surface area contributed by atoms with Crippen molar-refractivity contribution in [1.82, 2.24) is 10.6 Å². The molecular formula is C22H33N3O. The molecule has 4 heteroatoms. The van der Waals surface area contributed by atoms with Crippen molar-refractivity contribution < 1.29 is 4.74 Å². The molecular weight excluding hydrogens is 322 g/mol. The molecule has 3 fully saturated rings. The summed E-state index contributed by atoms with van der Waals surface area (Å²) in [6.07, 6.45) is 6.72. The van der Waals surface area contributed by atoms with Gasteiger partial charge in [-0.15, -0.1) is 0 Å². The Balaban J connectivity index is 1.42. The number of hydrogen-bond acceptors (Lipinski definition) is 2. The number of aliphatic imine (C=N–C) groups is 1. The van der Waals surface area contributed by atoms with Gasteiger partial charge in [0.05, 0.1) is 6.10 Å². The van der Waals surface area contributed by atoms with Crippen molar-refractivity contribution in [3.8, 4) is 0 Å². The predicted molar refractivity (Wildman–Crippen MR) is 107 cm³/mol. The molecule has 142 valence electrons. The van der Waals surface area contributed by atoms with Gasteiger partial charge in [-0.2, -0.15) is 0 Å². The van der Waals surface area contributed by atoms with Gasteiger partial charge in [0, 0.05) is 43.0 Å². The van der Waals surface area contributed by atoms with E-state index in [4.69, 9.17) is 4.74 Å². The summed E-state index contributed by atoms with van der Waals surface area (Å²) in [6.45, 7) is 6.48. The highest BCUT2D eigenvalue weighted by Crippen LogP contribution is 2.52. The minimum atomic E-state index is 0.170. The summed E-state index contributed by atoms with van der Waals surface area (Å²) in [7, 11) is 1.88. The summed E-state index contributed by atoms with van der Waals surface area (Å²) in [4.78, 5) is 4.53. The highest BCUT2D eigenvalue weighted by atomic mass is 16.5. The molecule has 0 spiro atoms. The van der Waals surface area contributed by atoms with Gasteiger partial charge in [-0.3, -0.25) is 4.99 Å². The topological polar surface area (TPSA) is 45.7 Å². The van der Waals surface area contributed by atoms with Gasteiger partial charge < -0.3 is 15.4 Å². The molecule has 0 aromatic heterocycles. The average Bonchev–Trinajstić information content (AvgIpc) is 3.32. The molecule has 1 aliphatic heterocycles. The number of hydrogen-bond donors (Lipinski definition) is 2. The second kappa shape index (κ2) is 6.88. The Morgan fingerprint density at radius 2 is 1.92 bits per heavy atom. The van der Waals surface area contributed by atoms with Crippen LogP contribution < -0.4 is 10.6 Å². The number of benzene rings is 1. The van der Waals surface area contributed by atoms with E-state index in [9.17, 15) is 0 Å². The van der Waals surface area contributed by atoms with Crippen LogP contribution in [-0.2, 0) is 10.2 Å². The van der Waals surface area contributed by atoms with E-state index in [1.807, 2.05) is 7.05 Å². The zero-order valence-electron chi connectivity index (χ0n) is 16.4. The lowest BCUT2D eigenvalue weighted by atomic mass is 9.57. The molecule has 1 heterocycles. The van der Waals surface area contributed by atoms with Gasteiger partial charge in [-0.05, 0) is 24.8 Å². The maximum atomic E-state index is 5.93. The number of guanidine groups is 1. The first-order valence-corrected chi connectivity index (χ1v) is 10.2. The molecule has 0 amide bonds. The van der Waals surface area contributed by atoms with E-state index < -0.39 is 0 Å². The molecule has 4 rings (SSSR count). The minimum Gasteiger partial charge on any atom is -0.377 e. The summed E-state index contributed by atoms with van der Waals surface area (Å²) >= 11 is 0. The molecule has 4 nitrogen and oxygen atoms in total. The first-order valence-electron chi connectivity index (χ1n) is 10.2. The average molecular weight is 356 g/mol. The van der Waals surface area contributed by atoms with Crippen molar-refractivity contribution in [2.24, 2.45) is 16.3 Å². The Labute approximate surface area is 157 Å². The molecule has 2 aliphatic carbocycles. The molecule has 3 aliphatic rings. The van der Waals surface area contributed by atoms with E-state index in [2.05, 4.69) is 59.8 Å². The lowest BCUT2D eigenvalue weighted by Crippen LogP contribution is -2.68. The number of nitrogens with one attached hydrogen (secondary N) is 2. The summed E-state index contributed by atoms with van der Waals surface area (Å²) in [5.41, 5.74) is 1.88. The van der Waals surface area contributed by atoms with E-state index in [-0.39, 0.29) is 10.8 Å². The summed E-state index contributed by atoms with van der Waals surface area (Å²) in [5, 5.41) is 7.38. The van der Waals surface area contributed by atoms with Crippen molar-refractivity contribution in [1.29, 1.82) is 0 Å². The maximum Gasteiger partial charge on any atom is 0.191 e. The summed E-state index contributed by atoms with van der Waals surface area (Å²) in [6, 6.07) is 11.5. The van der Waals surface area contributed by atoms with Crippen LogP contribution in [-0.4, -0.2) is 38.3 Å². The van der Waals surface area contributed by atoms with Gasteiger partial charge in [0.15, 0.2) is 5.96 Å². The number of rotatable bonds is 4. The van der Waals surface area contributed by atoms with Crippen molar-refractivity contribution in [2.45, 2.75) is 63.5 Å². The first-order chi connectivity index (χ1) is 12.6. The molecule has 2 N–H and O–H groups in total. The molecule has 26 heavy (non-hydrogen) atoms. The quantitative estimate of drug-likeness (QED) is 0.642. The fourth-order valence-electron chi connectivity index (χ4n) is 5.62. The summed E-state index contributed by atoms with van der Waals surface area (Å²) in [5.74, 6) is 1.56. The molecule has 3 atom stereocenters. The van der Waals surface area contributed by atoms with Gasteiger partial charge in [0.1, 0.15) is 0 Å². The summed E-state index contributed by atoms with van der Waals surface area (Å²) < 4.78 is 5.93. The van der Waals surface area contributed by atoms with Gasteiger partial charge in [-0.25, -0.2) is 0 Å². The van der Waals surface area contributed by atoms with Crippen LogP contribution in [0.25, 0.3) is 0 Å². The number of fused-ring (bicyclic) bond motifs is 1. The molecule has 1 aromatic carbocycles. The molecule has 2 saturated carbocycles. The van der Waals surface area contributed by atoms with Crippen LogP contribution in [0.4, 0.5) is 0 Å². The Hall–Kier alpha value is -1.55. The predicted octanol–water partition coefficient (Wildman–Crippen LogP) is 3.48. The van der Waals surface area contributed by atoms with Crippen molar-refractivity contribution in [3.63, 3.8) is 0 Å². The Morgan fingerprint density at radius 1 is 1.19 bits per heavy atom. The molecule has 0 bridgehead atoms. The van der Waals surface area contributed by atoms with Crippen LogP contribution in [0.15, 0.2) is 35.3 Å². The van der Waals surface area contributed by atoms with E-state index in [1.165, 1.54) is 31.2 Å². The first kappa shape index (κ1) is 17.8. The SMILES string of the molecule is CN=C(NCC1(c2ccccc2)CCCC1)NC1C2CCOC2C1(C)C. The van der Waals surface area contributed by atoms with Crippen molar-refractivity contribution in [3.05, 3.63) is 35.9 Å². The third-order valence-electron chi connectivity index (χ3n) is 7.16. The Bertz CT molecular complexity index is 649. The van der Waals surface area contributed by atoms with Crippen LogP contribution >= 0.6 is 0 Å². The van der Waals surface area contributed by atoms with E-state index in [0.717, 1.165) is 25.5 Å². The smallest absolute Gasteiger partial charge is 0.191 e. The van der Waals surface area contributed by atoms with Crippen molar-refractivity contribution in [2.75, 3.05) is 20.2 Å². The molecule has 3 unspecified atom stereocenters. The van der Waals surface area contributed by atoms with Crippen molar-refractivity contribution >= 4 is 5.96 Å². The minimum absolute atomic E-state index is 0.170. The van der Waals surface area contributed by atoms with Crippen LogP contribution in [0, 0.1) is 11.3 Å². The number of ether oxygens (including phenoxy) is 1. The van der Waals surface area contributed by atoms with Crippen LogP contribution in [0.2, 0.25) is 0 Å². The van der Waals surface area contributed by atoms with Gasteiger partial charge >= 0.3 is 0 Å². The monoisotopic (exact) mass is 355 g/mol. The van der Waals surface area contributed by atoms with Crippen LogP contribution in [0.3, 0.4) is 0 Å². The van der Waals surface area contributed by atoms with E-state index in [0.29, 0.717) is 18.1 Å². The van der Waals surface area contributed by atoms with Gasteiger partial charge in [0.25, 0.3) is 0 Å². The second-order valence-corrected chi connectivity index (χ2v) is 8.97. The lowest BCUT2D eigenvalue weighted by Gasteiger charge is -2.55. The van der Waals surface area contributed by atoms with Gasteiger partial charge in [-0.1, -0.05) is 57.0 Å². The normalized spacial score (nSPS) is 32.0. The zero-order chi connectivity index (χ0) is 18.2. The van der Waals surface area contributed by atoms with Gasteiger partial charge in [0.2, 0.25) is 0 Å². The molecule has 1 aromatic rings. The van der Waals surface area contributed by atoms with Crippen LogP contribution in [0.1, 0.15) is 51.5 Å².